The van der Waals surface area contributed by atoms with Crippen LogP contribution in [0.3, 0.4) is 0 Å². The average Bonchev–Trinajstić information content (AvgIpc) is 3.47. The van der Waals surface area contributed by atoms with Crippen molar-refractivity contribution in [3.8, 4) is 0 Å². The van der Waals surface area contributed by atoms with Gasteiger partial charge in [0.05, 0.1) is 23.2 Å². The van der Waals surface area contributed by atoms with Crippen LogP contribution in [0.2, 0.25) is 0 Å². The number of carbonyl (C=O) groups excluding carboxylic acids is 2. The van der Waals surface area contributed by atoms with Crippen LogP contribution in [0.15, 0.2) is 46.9 Å². The molecule has 0 unspecified atom stereocenters. The minimum Gasteiger partial charge on any atom is -0.347 e. The zero-order valence-electron chi connectivity index (χ0n) is 15.4. The molecule has 2 heterocycles. The summed E-state index contributed by atoms with van der Waals surface area (Å²) in [6.45, 7) is -0.0752. The number of nitrogens with zero attached hydrogens (tertiary/aromatic N) is 2. The second kappa shape index (κ2) is 8.22. The van der Waals surface area contributed by atoms with E-state index in [2.05, 4.69) is 10.4 Å². The SMILES string of the molecule is O=C(NCC(=O)N1N=C(c2cccs2)C[C@@H]1c1ccc(F)cc1)C1CCCC1. The highest BCUT2D eigenvalue weighted by molar-refractivity contribution is 7.12. The van der Waals surface area contributed by atoms with Gasteiger partial charge in [-0.1, -0.05) is 31.0 Å². The van der Waals surface area contributed by atoms with E-state index in [0.717, 1.165) is 41.8 Å². The highest BCUT2D eigenvalue weighted by Crippen LogP contribution is 2.34. The van der Waals surface area contributed by atoms with E-state index in [9.17, 15) is 14.0 Å². The van der Waals surface area contributed by atoms with Gasteiger partial charge >= 0.3 is 0 Å². The van der Waals surface area contributed by atoms with Crippen molar-refractivity contribution >= 4 is 28.9 Å². The van der Waals surface area contributed by atoms with E-state index in [1.165, 1.54) is 17.1 Å². The standard InChI is InChI=1S/C21H22FN3O2S/c22-16-9-7-14(8-10-16)18-12-17(19-6-3-11-28-19)24-25(18)20(26)13-23-21(27)15-4-1-2-5-15/h3,6-11,15,18H,1-2,4-5,12-13H2,(H,23,27)/t18-/m1/s1. The lowest BCUT2D eigenvalue weighted by Crippen LogP contribution is -2.39. The Hall–Kier alpha value is -2.54. The number of hydrogen-bond acceptors (Lipinski definition) is 4. The summed E-state index contributed by atoms with van der Waals surface area (Å²) in [6, 6.07) is 9.78. The van der Waals surface area contributed by atoms with Crippen LogP contribution < -0.4 is 5.32 Å². The molecule has 1 saturated carbocycles. The summed E-state index contributed by atoms with van der Waals surface area (Å²) in [5.41, 5.74) is 1.66. The number of benzene rings is 1. The summed E-state index contributed by atoms with van der Waals surface area (Å²) in [7, 11) is 0. The number of rotatable bonds is 5. The quantitative estimate of drug-likeness (QED) is 0.830. The molecule has 1 N–H and O–H groups in total. The minimum atomic E-state index is -0.317. The van der Waals surface area contributed by atoms with Gasteiger partial charge in [0.15, 0.2) is 0 Å². The van der Waals surface area contributed by atoms with Gasteiger partial charge in [-0.05, 0) is 42.0 Å². The molecule has 1 fully saturated rings. The number of amides is 2. The van der Waals surface area contributed by atoms with Gasteiger partial charge in [-0.2, -0.15) is 5.10 Å². The topological polar surface area (TPSA) is 61.8 Å². The fourth-order valence-electron chi connectivity index (χ4n) is 3.85. The van der Waals surface area contributed by atoms with E-state index in [-0.39, 0.29) is 36.1 Å². The van der Waals surface area contributed by atoms with Gasteiger partial charge in [0.2, 0.25) is 5.91 Å². The Balaban J connectivity index is 1.50. The van der Waals surface area contributed by atoms with Gasteiger partial charge in [0.25, 0.3) is 5.91 Å². The molecule has 1 aromatic heterocycles. The van der Waals surface area contributed by atoms with E-state index in [0.29, 0.717) is 6.42 Å². The number of thiophene rings is 1. The molecule has 2 aliphatic rings. The van der Waals surface area contributed by atoms with Crippen LogP contribution in [0.5, 0.6) is 0 Å². The highest BCUT2D eigenvalue weighted by atomic mass is 32.1. The Labute approximate surface area is 167 Å². The summed E-state index contributed by atoms with van der Waals surface area (Å²) >= 11 is 1.57. The maximum atomic E-state index is 13.3. The Kier molecular flexibility index (Phi) is 5.52. The first kappa shape index (κ1) is 18.8. The molecule has 5 nitrogen and oxygen atoms in total. The van der Waals surface area contributed by atoms with Gasteiger partial charge in [-0.25, -0.2) is 9.40 Å². The molecule has 0 bridgehead atoms. The van der Waals surface area contributed by atoms with E-state index in [1.807, 2.05) is 17.5 Å². The van der Waals surface area contributed by atoms with Crippen molar-refractivity contribution in [2.24, 2.45) is 11.0 Å². The van der Waals surface area contributed by atoms with Crippen molar-refractivity contribution in [3.05, 3.63) is 58.0 Å². The molecule has 2 amide bonds. The van der Waals surface area contributed by atoms with Crippen LogP contribution in [0, 0.1) is 11.7 Å². The van der Waals surface area contributed by atoms with Crippen molar-refractivity contribution in [1.82, 2.24) is 10.3 Å². The van der Waals surface area contributed by atoms with Crippen molar-refractivity contribution < 1.29 is 14.0 Å². The van der Waals surface area contributed by atoms with E-state index in [4.69, 9.17) is 0 Å². The van der Waals surface area contributed by atoms with Crippen molar-refractivity contribution in [3.63, 3.8) is 0 Å². The molecule has 1 aromatic carbocycles. The molecule has 4 rings (SSSR count). The first-order valence-corrected chi connectivity index (χ1v) is 10.5. The second-order valence-corrected chi connectivity index (χ2v) is 8.18. The maximum Gasteiger partial charge on any atom is 0.262 e. The van der Waals surface area contributed by atoms with Crippen LogP contribution in [0.1, 0.15) is 48.6 Å². The lowest BCUT2D eigenvalue weighted by Gasteiger charge is -2.22. The van der Waals surface area contributed by atoms with Gasteiger partial charge in [0, 0.05) is 12.3 Å². The zero-order chi connectivity index (χ0) is 19.5. The molecule has 1 aliphatic carbocycles. The monoisotopic (exact) mass is 399 g/mol. The third kappa shape index (κ3) is 3.99. The lowest BCUT2D eigenvalue weighted by molar-refractivity contribution is -0.135. The third-order valence-electron chi connectivity index (χ3n) is 5.37. The summed E-state index contributed by atoms with van der Waals surface area (Å²) < 4.78 is 13.3. The smallest absolute Gasteiger partial charge is 0.262 e. The van der Waals surface area contributed by atoms with Crippen molar-refractivity contribution in [1.29, 1.82) is 0 Å². The fourth-order valence-corrected chi connectivity index (χ4v) is 4.57. The Morgan fingerprint density at radius 3 is 2.61 bits per heavy atom. The van der Waals surface area contributed by atoms with Crippen LogP contribution >= 0.6 is 11.3 Å². The summed E-state index contributed by atoms with van der Waals surface area (Å²) in [5, 5.41) is 10.7. The van der Waals surface area contributed by atoms with E-state index >= 15 is 0 Å². The zero-order valence-corrected chi connectivity index (χ0v) is 16.3. The summed E-state index contributed by atoms with van der Waals surface area (Å²) in [4.78, 5) is 26.1. The molecule has 1 atom stereocenters. The number of hydrogen-bond donors (Lipinski definition) is 1. The van der Waals surface area contributed by atoms with Crippen molar-refractivity contribution in [2.75, 3.05) is 6.54 Å². The maximum absolute atomic E-state index is 13.3. The fraction of sp³-hybridized carbons (Fsp3) is 0.381. The van der Waals surface area contributed by atoms with Gasteiger partial charge < -0.3 is 5.32 Å². The molecule has 0 spiro atoms. The molecule has 28 heavy (non-hydrogen) atoms. The normalized spacial score (nSPS) is 19.7. The van der Waals surface area contributed by atoms with Gasteiger partial charge in [0.1, 0.15) is 5.82 Å². The molecule has 2 aromatic rings. The predicted octanol–water partition coefficient (Wildman–Crippen LogP) is 3.87. The Bertz CT molecular complexity index is 874. The molecule has 0 radical (unpaired) electrons. The van der Waals surface area contributed by atoms with Crippen molar-refractivity contribution in [2.45, 2.75) is 38.1 Å². The summed E-state index contributed by atoms with van der Waals surface area (Å²) in [5.74, 6) is -0.606. The Morgan fingerprint density at radius 2 is 1.93 bits per heavy atom. The van der Waals surface area contributed by atoms with Crippen LogP contribution in [0.4, 0.5) is 4.39 Å². The Morgan fingerprint density at radius 1 is 1.18 bits per heavy atom. The first-order chi connectivity index (χ1) is 13.6. The van der Waals surface area contributed by atoms with Crippen LogP contribution in [-0.4, -0.2) is 29.1 Å². The number of carbonyl (C=O) groups is 2. The van der Waals surface area contributed by atoms with E-state index in [1.54, 1.807) is 23.5 Å². The van der Waals surface area contributed by atoms with Gasteiger partial charge in [-0.15, -0.1) is 11.3 Å². The average molecular weight is 399 g/mol. The number of halogens is 1. The second-order valence-electron chi connectivity index (χ2n) is 7.23. The number of hydrazone groups is 1. The predicted molar refractivity (Wildman–Crippen MR) is 106 cm³/mol. The highest BCUT2D eigenvalue weighted by Gasteiger charge is 2.34. The first-order valence-electron chi connectivity index (χ1n) is 9.58. The van der Waals surface area contributed by atoms with Crippen LogP contribution in [0.25, 0.3) is 0 Å². The van der Waals surface area contributed by atoms with Gasteiger partial charge in [-0.3, -0.25) is 9.59 Å². The minimum absolute atomic E-state index is 0.0180. The molecular formula is C21H22FN3O2S. The molecule has 7 heteroatoms. The molecule has 1 aliphatic heterocycles. The van der Waals surface area contributed by atoms with Crippen LogP contribution in [-0.2, 0) is 9.59 Å². The molecule has 0 saturated heterocycles. The lowest BCUT2D eigenvalue weighted by atomic mass is 10.0. The largest absolute Gasteiger partial charge is 0.347 e. The molecular weight excluding hydrogens is 377 g/mol. The third-order valence-corrected chi connectivity index (χ3v) is 6.28. The molecule has 146 valence electrons. The summed E-state index contributed by atoms with van der Waals surface area (Å²) in [6.07, 6.45) is 4.48. The number of nitrogens with one attached hydrogen (secondary N) is 1. The van der Waals surface area contributed by atoms with E-state index < -0.39 is 0 Å².